The van der Waals surface area contributed by atoms with Crippen LogP contribution in [0.4, 0.5) is 13.2 Å². The summed E-state index contributed by atoms with van der Waals surface area (Å²) >= 11 is 0. The van der Waals surface area contributed by atoms with Crippen LogP contribution in [0.1, 0.15) is 48.1 Å². The van der Waals surface area contributed by atoms with Gasteiger partial charge in [0, 0.05) is 36.6 Å². The predicted octanol–water partition coefficient (Wildman–Crippen LogP) is 6.22. The molecule has 5 rings (SSSR count). The number of nitrogens with zero attached hydrogens (tertiary/aromatic N) is 5. The van der Waals surface area contributed by atoms with Gasteiger partial charge < -0.3 is 0 Å². The summed E-state index contributed by atoms with van der Waals surface area (Å²) in [5.41, 5.74) is 2.84. The van der Waals surface area contributed by atoms with Gasteiger partial charge in [-0.25, -0.2) is 18.9 Å². The van der Waals surface area contributed by atoms with Gasteiger partial charge >= 0.3 is 11.9 Å². The van der Waals surface area contributed by atoms with Crippen molar-refractivity contribution in [3.63, 3.8) is 0 Å². The first-order valence-corrected chi connectivity index (χ1v) is 12.3. The molecule has 0 N–H and O–H groups in total. The number of carbonyl (C=O) groups is 1. The molecule has 0 bridgehead atoms. The maximum atomic E-state index is 13.3. The number of benzene rings is 1. The van der Waals surface area contributed by atoms with Gasteiger partial charge in [0.15, 0.2) is 11.4 Å². The fourth-order valence-electron chi connectivity index (χ4n) is 4.20. The minimum absolute atomic E-state index is 0.162. The summed E-state index contributed by atoms with van der Waals surface area (Å²) in [6.45, 7) is 6.90. The van der Waals surface area contributed by atoms with Crippen molar-refractivity contribution >= 4 is 11.4 Å². The Balaban J connectivity index is 0.00000172. The standard InChI is InChI=1S/C27H20F3N5O2.C2H6/c1-16-3-5-18(6-4-16)21-11-14-34-25(23(21)19-9-12-31-13-10-19)33-35(26(34)37)15-20-7-8-22(27(28,29)30)32-24(20)17(2)36;1-2/h3-14H,15H2,1-2H3;1-2H3. The van der Waals surface area contributed by atoms with Gasteiger partial charge in [-0.15, -0.1) is 5.10 Å². The molecule has 0 aliphatic heterocycles. The zero-order chi connectivity index (χ0) is 28.3. The van der Waals surface area contributed by atoms with Crippen molar-refractivity contribution in [1.82, 2.24) is 24.1 Å². The first-order chi connectivity index (χ1) is 18.6. The molecule has 1 aromatic carbocycles. The van der Waals surface area contributed by atoms with Gasteiger partial charge in [0.1, 0.15) is 11.4 Å². The summed E-state index contributed by atoms with van der Waals surface area (Å²) in [7, 11) is 0. The highest BCUT2D eigenvalue weighted by molar-refractivity contribution is 5.94. The highest BCUT2D eigenvalue weighted by Crippen LogP contribution is 2.34. The molecule has 4 aromatic heterocycles. The zero-order valence-corrected chi connectivity index (χ0v) is 21.8. The lowest BCUT2D eigenvalue weighted by atomic mass is 9.96. The molecule has 0 atom stereocenters. The molecule has 0 aliphatic carbocycles. The largest absolute Gasteiger partial charge is 0.433 e. The Kier molecular flexibility index (Phi) is 7.75. The molecule has 0 amide bonds. The van der Waals surface area contributed by atoms with Crippen molar-refractivity contribution < 1.29 is 18.0 Å². The molecule has 0 saturated carbocycles. The molecule has 200 valence electrons. The number of carbonyl (C=O) groups excluding carboxylic acids is 1. The van der Waals surface area contributed by atoms with Crippen molar-refractivity contribution in [2.45, 2.75) is 40.4 Å². The van der Waals surface area contributed by atoms with Gasteiger partial charge in [-0.05, 0) is 47.9 Å². The SMILES string of the molecule is CC.CC(=O)c1nc(C(F)(F)F)ccc1Cn1nc2c(-c3ccncc3)c(-c3ccc(C)cc3)ccn2c1=O. The van der Waals surface area contributed by atoms with Gasteiger partial charge in [0.25, 0.3) is 0 Å². The highest BCUT2D eigenvalue weighted by Gasteiger charge is 2.33. The van der Waals surface area contributed by atoms with Gasteiger partial charge in [0.2, 0.25) is 0 Å². The third kappa shape index (κ3) is 5.50. The Morgan fingerprint density at radius 1 is 0.923 bits per heavy atom. The number of pyridine rings is 3. The van der Waals surface area contributed by atoms with Crippen LogP contribution < -0.4 is 5.69 Å². The van der Waals surface area contributed by atoms with Gasteiger partial charge in [-0.3, -0.25) is 9.78 Å². The summed E-state index contributed by atoms with van der Waals surface area (Å²) in [6, 6.07) is 15.3. The molecular weight excluding hydrogens is 507 g/mol. The molecular formula is C29H26F3N5O2. The normalized spacial score (nSPS) is 11.3. The molecule has 0 radical (unpaired) electrons. The fraction of sp³-hybridized carbons (Fsp3) is 0.207. The van der Waals surface area contributed by atoms with E-state index in [4.69, 9.17) is 0 Å². The number of fused-ring (bicyclic) bond motifs is 1. The van der Waals surface area contributed by atoms with Crippen LogP contribution in [0.15, 0.2) is 78.0 Å². The molecule has 0 unspecified atom stereocenters. The second kappa shape index (κ2) is 11.0. The second-order valence-corrected chi connectivity index (χ2v) is 8.60. The number of rotatable bonds is 5. The van der Waals surface area contributed by atoms with Gasteiger partial charge in [-0.2, -0.15) is 13.2 Å². The van der Waals surface area contributed by atoms with Crippen LogP contribution in [0.3, 0.4) is 0 Å². The Labute approximate surface area is 222 Å². The number of alkyl halides is 3. The monoisotopic (exact) mass is 533 g/mol. The zero-order valence-electron chi connectivity index (χ0n) is 21.8. The number of ketones is 1. The van der Waals surface area contributed by atoms with E-state index in [2.05, 4.69) is 15.1 Å². The van der Waals surface area contributed by atoms with E-state index in [1.54, 1.807) is 18.6 Å². The van der Waals surface area contributed by atoms with Crippen molar-refractivity contribution in [2.24, 2.45) is 0 Å². The lowest BCUT2D eigenvalue weighted by Crippen LogP contribution is -2.23. The summed E-state index contributed by atoms with van der Waals surface area (Å²) in [6.07, 6.45) is 0.187. The molecule has 5 aromatic rings. The van der Waals surface area contributed by atoms with E-state index in [1.807, 2.05) is 63.2 Å². The third-order valence-electron chi connectivity index (χ3n) is 6.01. The van der Waals surface area contributed by atoms with Crippen molar-refractivity contribution in [2.75, 3.05) is 0 Å². The average Bonchev–Trinajstić information content (AvgIpc) is 3.24. The summed E-state index contributed by atoms with van der Waals surface area (Å²) in [4.78, 5) is 33.0. The van der Waals surface area contributed by atoms with Crippen LogP contribution >= 0.6 is 0 Å². The molecule has 0 aliphatic rings. The van der Waals surface area contributed by atoms with E-state index in [1.165, 1.54) is 4.40 Å². The Morgan fingerprint density at radius 2 is 1.59 bits per heavy atom. The predicted molar refractivity (Wildman–Crippen MR) is 143 cm³/mol. The molecule has 7 nitrogen and oxygen atoms in total. The summed E-state index contributed by atoms with van der Waals surface area (Å²) in [5, 5.41) is 4.54. The van der Waals surface area contributed by atoms with E-state index in [0.717, 1.165) is 46.0 Å². The number of Topliss-reactive ketones (excluding diaryl/α,β-unsaturated/α-hetero) is 1. The Morgan fingerprint density at radius 3 is 2.21 bits per heavy atom. The van der Waals surface area contributed by atoms with E-state index < -0.39 is 23.3 Å². The lowest BCUT2D eigenvalue weighted by Gasteiger charge is -2.11. The van der Waals surface area contributed by atoms with Crippen LogP contribution in [0.25, 0.3) is 27.9 Å². The maximum absolute atomic E-state index is 13.3. The van der Waals surface area contributed by atoms with Crippen LogP contribution in [-0.2, 0) is 12.7 Å². The van der Waals surface area contributed by atoms with Crippen LogP contribution in [-0.4, -0.2) is 29.9 Å². The molecule has 0 spiro atoms. The number of aromatic nitrogens is 5. The highest BCUT2D eigenvalue weighted by atomic mass is 19.4. The van der Waals surface area contributed by atoms with Crippen molar-refractivity contribution in [1.29, 1.82) is 0 Å². The van der Waals surface area contributed by atoms with E-state index >= 15 is 0 Å². The second-order valence-electron chi connectivity index (χ2n) is 8.60. The average molecular weight is 534 g/mol. The van der Waals surface area contributed by atoms with Gasteiger partial charge in [-0.1, -0.05) is 49.7 Å². The van der Waals surface area contributed by atoms with Gasteiger partial charge in [0.05, 0.1) is 6.54 Å². The number of aryl methyl sites for hydroxylation is 1. The number of hydrogen-bond acceptors (Lipinski definition) is 5. The Bertz CT molecular complexity index is 1690. The first kappa shape index (κ1) is 27.4. The molecule has 39 heavy (non-hydrogen) atoms. The van der Waals surface area contributed by atoms with Crippen molar-refractivity contribution in [3.05, 3.63) is 106 Å². The first-order valence-electron chi connectivity index (χ1n) is 12.3. The fourth-order valence-corrected chi connectivity index (χ4v) is 4.20. The summed E-state index contributed by atoms with van der Waals surface area (Å²) in [5.74, 6) is -0.642. The lowest BCUT2D eigenvalue weighted by molar-refractivity contribution is -0.141. The molecule has 0 fully saturated rings. The molecule has 10 heteroatoms. The molecule has 4 heterocycles. The smallest absolute Gasteiger partial charge is 0.293 e. The minimum atomic E-state index is -4.70. The molecule has 0 saturated heterocycles. The minimum Gasteiger partial charge on any atom is -0.293 e. The third-order valence-corrected chi connectivity index (χ3v) is 6.01. The number of hydrogen-bond donors (Lipinski definition) is 0. The van der Waals surface area contributed by atoms with Crippen LogP contribution in [0, 0.1) is 6.92 Å². The van der Waals surface area contributed by atoms with Crippen LogP contribution in [0.5, 0.6) is 0 Å². The van der Waals surface area contributed by atoms with E-state index in [9.17, 15) is 22.8 Å². The summed E-state index contributed by atoms with van der Waals surface area (Å²) < 4.78 is 41.9. The van der Waals surface area contributed by atoms with Crippen molar-refractivity contribution in [3.8, 4) is 22.3 Å². The number of halogens is 3. The topological polar surface area (TPSA) is 82.2 Å². The van der Waals surface area contributed by atoms with E-state index in [-0.39, 0.29) is 17.8 Å². The Hall–Kier alpha value is -4.60. The van der Waals surface area contributed by atoms with E-state index in [0.29, 0.717) is 11.2 Å². The van der Waals surface area contributed by atoms with Crippen LogP contribution in [0.2, 0.25) is 0 Å². The maximum Gasteiger partial charge on any atom is 0.433 e. The quantitative estimate of drug-likeness (QED) is 0.250.